The fourth-order valence-corrected chi connectivity index (χ4v) is 1.57. The second-order valence-electron chi connectivity index (χ2n) is 3.61. The molecule has 1 fully saturated rings. The van der Waals surface area contributed by atoms with Crippen LogP contribution in [0, 0.1) is 0 Å². The van der Waals surface area contributed by atoms with Gasteiger partial charge in [-0.15, -0.1) is 0 Å². The van der Waals surface area contributed by atoms with Crippen molar-refractivity contribution in [2.24, 2.45) is 0 Å². The molecule has 2 unspecified atom stereocenters. The van der Waals surface area contributed by atoms with E-state index in [4.69, 9.17) is 21.1 Å². The van der Waals surface area contributed by atoms with E-state index in [2.05, 4.69) is 5.32 Å². The molecule has 1 aliphatic rings. The van der Waals surface area contributed by atoms with Crippen LogP contribution >= 0.6 is 11.6 Å². The van der Waals surface area contributed by atoms with Gasteiger partial charge in [0.05, 0.1) is 0 Å². The smallest absolute Gasteiger partial charge is 0.408 e. The Kier molecular flexibility index (Phi) is 3.19. The van der Waals surface area contributed by atoms with Crippen LogP contribution in [0.2, 0.25) is 5.02 Å². The molecule has 0 radical (unpaired) electrons. The predicted molar refractivity (Wildman–Crippen MR) is 60.0 cm³/mol. The van der Waals surface area contributed by atoms with E-state index in [1.54, 1.807) is 31.2 Å². The molecule has 1 heterocycles. The third kappa shape index (κ3) is 2.68. The molecule has 2 atom stereocenters. The lowest BCUT2D eigenvalue weighted by Crippen LogP contribution is -2.40. The number of alkyl carbamates (subject to hydrolysis) is 1. The van der Waals surface area contributed by atoms with Gasteiger partial charge in [-0.2, -0.15) is 0 Å². The van der Waals surface area contributed by atoms with Crippen molar-refractivity contribution in [3.63, 3.8) is 0 Å². The zero-order valence-corrected chi connectivity index (χ0v) is 9.73. The molecule has 0 saturated carbocycles. The molecule has 1 aliphatic heterocycles. The molecule has 17 heavy (non-hydrogen) atoms. The van der Waals surface area contributed by atoms with Crippen molar-refractivity contribution in [1.82, 2.24) is 5.32 Å². The quantitative estimate of drug-likeness (QED) is 0.646. The van der Waals surface area contributed by atoms with E-state index in [0.29, 0.717) is 10.8 Å². The number of nitrogens with one attached hydrogen (secondary N) is 1. The van der Waals surface area contributed by atoms with Crippen LogP contribution in [-0.4, -0.2) is 24.2 Å². The minimum Gasteiger partial charge on any atom is -0.444 e. The number of halogens is 1. The molecule has 1 aromatic carbocycles. The molecule has 1 saturated heterocycles. The Labute approximate surface area is 103 Å². The summed E-state index contributed by atoms with van der Waals surface area (Å²) in [5.41, 5.74) is 0. The summed E-state index contributed by atoms with van der Waals surface area (Å²) in [7, 11) is 0. The number of hydrogen-bond acceptors (Lipinski definition) is 4. The van der Waals surface area contributed by atoms with Crippen molar-refractivity contribution in [1.29, 1.82) is 0 Å². The summed E-state index contributed by atoms with van der Waals surface area (Å²) in [6.45, 7) is 1.62. The monoisotopic (exact) mass is 255 g/mol. The molecule has 1 amide bonds. The van der Waals surface area contributed by atoms with E-state index in [0.717, 1.165) is 0 Å². The Morgan fingerprint density at radius 3 is 2.59 bits per heavy atom. The van der Waals surface area contributed by atoms with E-state index in [1.165, 1.54) is 0 Å². The number of cyclic esters (lactones) is 1. The average molecular weight is 256 g/mol. The molecular formula is C11H10ClNO4. The zero-order valence-electron chi connectivity index (χ0n) is 8.98. The Bertz CT molecular complexity index is 445. The van der Waals surface area contributed by atoms with Crippen molar-refractivity contribution >= 4 is 23.7 Å². The first-order chi connectivity index (χ1) is 8.06. The lowest BCUT2D eigenvalue weighted by atomic mass is 10.2. The number of rotatable bonds is 2. The van der Waals surface area contributed by atoms with Crippen molar-refractivity contribution in [2.75, 3.05) is 0 Å². The summed E-state index contributed by atoms with van der Waals surface area (Å²) in [5.74, 6) is -0.196. The zero-order chi connectivity index (χ0) is 12.4. The normalized spacial score (nSPS) is 22.8. The highest BCUT2D eigenvalue weighted by atomic mass is 35.5. The first-order valence-electron chi connectivity index (χ1n) is 5.00. The molecular weight excluding hydrogens is 246 g/mol. The van der Waals surface area contributed by atoms with Crippen molar-refractivity contribution < 1.29 is 19.1 Å². The maximum Gasteiger partial charge on any atom is 0.408 e. The minimum absolute atomic E-state index is 0.368. The summed E-state index contributed by atoms with van der Waals surface area (Å²) >= 11 is 5.70. The second-order valence-corrected chi connectivity index (χ2v) is 4.04. The van der Waals surface area contributed by atoms with Crippen LogP contribution in [0.25, 0.3) is 0 Å². The summed E-state index contributed by atoms with van der Waals surface area (Å²) in [6, 6.07) is 5.58. The van der Waals surface area contributed by atoms with Gasteiger partial charge in [-0.25, -0.2) is 9.59 Å². The van der Waals surface area contributed by atoms with Crippen molar-refractivity contribution in [3.05, 3.63) is 29.3 Å². The van der Waals surface area contributed by atoms with Gasteiger partial charge in [0, 0.05) is 5.02 Å². The summed E-state index contributed by atoms with van der Waals surface area (Å²) in [5, 5.41) is 2.92. The van der Waals surface area contributed by atoms with Gasteiger partial charge in [-0.3, -0.25) is 0 Å². The summed E-state index contributed by atoms with van der Waals surface area (Å²) in [6.07, 6.45) is -1.15. The van der Waals surface area contributed by atoms with Crippen LogP contribution < -0.4 is 10.1 Å². The lowest BCUT2D eigenvalue weighted by Gasteiger charge is -2.11. The van der Waals surface area contributed by atoms with Gasteiger partial charge in [0.15, 0.2) is 6.04 Å². The fourth-order valence-electron chi connectivity index (χ4n) is 1.45. The van der Waals surface area contributed by atoms with Gasteiger partial charge in [-0.05, 0) is 31.2 Å². The van der Waals surface area contributed by atoms with Crippen molar-refractivity contribution in [3.8, 4) is 5.75 Å². The highest BCUT2D eigenvalue weighted by molar-refractivity contribution is 6.30. The third-order valence-electron chi connectivity index (χ3n) is 2.32. The van der Waals surface area contributed by atoms with Gasteiger partial charge in [0.25, 0.3) is 0 Å². The van der Waals surface area contributed by atoms with Crippen LogP contribution in [0.1, 0.15) is 6.92 Å². The highest BCUT2D eigenvalue weighted by Crippen LogP contribution is 2.17. The van der Waals surface area contributed by atoms with Gasteiger partial charge in [0.1, 0.15) is 11.9 Å². The van der Waals surface area contributed by atoms with Gasteiger partial charge < -0.3 is 14.8 Å². The van der Waals surface area contributed by atoms with Crippen LogP contribution in [0.3, 0.4) is 0 Å². The summed E-state index contributed by atoms with van der Waals surface area (Å²) < 4.78 is 9.86. The molecule has 2 rings (SSSR count). The average Bonchev–Trinajstić information content (AvgIpc) is 2.61. The maximum atomic E-state index is 11.7. The SMILES string of the molecule is CC1OC(=O)NC1C(=O)Oc1ccc(Cl)cc1. The topological polar surface area (TPSA) is 64.6 Å². The van der Waals surface area contributed by atoms with Crippen molar-refractivity contribution in [2.45, 2.75) is 19.1 Å². The number of esters is 1. The fraction of sp³-hybridized carbons (Fsp3) is 0.273. The lowest BCUT2D eigenvalue weighted by molar-refractivity contribution is -0.137. The van der Waals surface area contributed by atoms with E-state index in [9.17, 15) is 9.59 Å². The number of benzene rings is 1. The Hall–Kier alpha value is -1.75. The number of carbonyl (C=O) groups is 2. The van der Waals surface area contributed by atoms with E-state index < -0.39 is 24.2 Å². The molecule has 0 aromatic heterocycles. The first kappa shape index (κ1) is 11.7. The molecule has 1 N–H and O–H groups in total. The highest BCUT2D eigenvalue weighted by Gasteiger charge is 2.37. The number of hydrogen-bond donors (Lipinski definition) is 1. The summed E-state index contributed by atoms with van der Waals surface area (Å²) in [4.78, 5) is 22.6. The second kappa shape index (κ2) is 4.63. The molecule has 0 bridgehead atoms. The van der Waals surface area contributed by atoms with E-state index >= 15 is 0 Å². The largest absolute Gasteiger partial charge is 0.444 e. The molecule has 1 aromatic rings. The molecule has 0 aliphatic carbocycles. The Morgan fingerprint density at radius 2 is 2.06 bits per heavy atom. The van der Waals surface area contributed by atoms with Gasteiger partial charge in [-0.1, -0.05) is 11.6 Å². The van der Waals surface area contributed by atoms with E-state index in [-0.39, 0.29) is 0 Å². The predicted octanol–water partition coefficient (Wildman–Crippen LogP) is 1.74. The molecule has 5 nitrogen and oxygen atoms in total. The minimum atomic E-state index is -0.779. The molecule has 0 spiro atoms. The Morgan fingerprint density at radius 1 is 1.41 bits per heavy atom. The maximum absolute atomic E-state index is 11.7. The van der Waals surface area contributed by atoms with E-state index in [1.807, 2.05) is 0 Å². The van der Waals surface area contributed by atoms with Crippen LogP contribution in [0.4, 0.5) is 4.79 Å². The van der Waals surface area contributed by atoms with Crippen LogP contribution in [-0.2, 0) is 9.53 Å². The third-order valence-corrected chi connectivity index (χ3v) is 2.57. The number of carbonyl (C=O) groups excluding carboxylic acids is 2. The van der Waals surface area contributed by atoms with Gasteiger partial charge in [0.2, 0.25) is 0 Å². The molecule has 90 valence electrons. The first-order valence-corrected chi connectivity index (χ1v) is 5.38. The van der Waals surface area contributed by atoms with Crippen LogP contribution in [0.15, 0.2) is 24.3 Å². The van der Waals surface area contributed by atoms with Crippen LogP contribution in [0.5, 0.6) is 5.75 Å². The number of ether oxygens (including phenoxy) is 2. The van der Waals surface area contributed by atoms with Gasteiger partial charge >= 0.3 is 12.1 Å². The molecule has 6 heteroatoms. The standard InChI is InChI=1S/C11H10ClNO4/c1-6-9(13-11(15)16-6)10(14)17-8-4-2-7(12)3-5-8/h2-6,9H,1H3,(H,13,15). The Balaban J connectivity index is 2.02. The number of amides is 1.